The minimum Gasteiger partial charge on any atom is -0.459 e. The number of benzene rings is 1. The van der Waals surface area contributed by atoms with Gasteiger partial charge in [0, 0.05) is 10.9 Å². The van der Waals surface area contributed by atoms with E-state index in [0.717, 1.165) is 23.2 Å². The lowest BCUT2D eigenvalue weighted by atomic mass is 10.1. The van der Waals surface area contributed by atoms with Crippen LogP contribution in [0, 0.1) is 0 Å². The van der Waals surface area contributed by atoms with Crippen molar-refractivity contribution in [3.8, 4) is 11.3 Å². The summed E-state index contributed by atoms with van der Waals surface area (Å²) in [6, 6.07) is 8.15. The highest BCUT2D eigenvalue weighted by atomic mass is 19.4. The zero-order valence-electron chi connectivity index (χ0n) is 8.95. The summed E-state index contributed by atoms with van der Waals surface area (Å²) in [5.74, 6) is -1.02. The number of aromatic amines is 1. The Hall–Kier alpha value is -2.24. The molecule has 0 aliphatic carbocycles. The summed E-state index contributed by atoms with van der Waals surface area (Å²) in [6.07, 6.45) is -3.42. The van der Waals surface area contributed by atoms with Crippen molar-refractivity contribution < 1.29 is 17.6 Å². The van der Waals surface area contributed by atoms with E-state index >= 15 is 0 Å². The van der Waals surface area contributed by atoms with Gasteiger partial charge in [0.1, 0.15) is 12.0 Å². The molecule has 0 radical (unpaired) electrons. The lowest BCUT2D eigenvalue weighted by Crippen LogP contribution is -2.01. The van der Waals surface area contributed by atoms with Crippen LogP contribution in [0.25, 0.3) is 22.2 Å². The highest BCUT2D eigenvalue weighted by molar-refractivity contribution is 5.92. The van der Waals surface area contributed by atoms with Crippen LogP contribution in [0.15, 0.2) is 41.0 Å². The maximum Gasteiger partial charge on any atom is 0.449 e. The summed E-state index contributed by atoms with van der Waals surface area (Å²) < 4.78 is 41.8. The Kier molecular flexibility index (Phi) is 2.19. The molecule has 0 saturated carbocycles. The van der Waals surface area contributed by atoms with Gasteiger partial charge in [-0.25, -0.2) is 0 Å². The molecule has 6 heteroatoms. The van der Waals surface area contributed by atoms with Gasteiger partial charge in [0.25, 0.3) is 0 Å². The van der Waals surface area contributed by atoms with Gasteiger partial charge in [0.2, 0.25) is 5.76 Å². The van der Waals surface area contributed by atoms with Crippen molar-refractivity contribution in [2.24, 2.45) is 0 Å². The van der Waals surface area contributed by atoms with Crippen molar-refractivity contribution in [1.82, 2.24) is 10.2 Å². The van der Waals surface area contributed by atoms with Gasteiger partial charge in [0.15, 0.2) is 0 Å². The van der Waals surface area contributed by atoms with Crippen LogP contribution in [-0.2, 0) is 6.18 Å². The number of furan rings is 1. The first-order valence-corrected chi connectivity index (χ1v) is 5.15. The van der Waals surface area contributed by atoms with E-state index in [-0.39, 0.29) is 0 Å². The molecule has 18 heavy (non-hydrogen) atoms. The number of aromatic nitrogens is 2. The molecule has 3 nitrogen and oxygen atoms in total. The minimum absolute atomic E-state index is 0.305. The van der Waals surface area contributed by atoms with Crippen molar-refractivity contribution in [1.29, 1.82) is 0 Å². The average Bonchev–Trinajstić information content (AvgIpc) is 2.94. The van der Waals surface area contributed by atoms with Gasteiger partial charge in [-0.15, -0.1) is 0 Å². The van der Waals surface area contributed by atoms with Crippen LogP contribution in [0.1, 0.15) is 5.76 Å². The monoisotopic (exact) mass is 252 g/mol. The fourth-order valence-electron chi connectivity index (χ4n) is 1.79. The first kappa shape index (κ1) is 10.9. The molecule has 0 saturated heterocycles. The molecule has 0 spiro atoms. The Bertz CT molecular complexity index is 696. The molecule has 2 aromatic heterocycles. The highest BCUT2D eigenvalue weighted by Crippen LogP contribution is 2.34. The number of nitrogens with zero attached hydrogens (tertiary/aromatic N) is 1. The Morgan fingerprint density at radius 1 is 1.17 bits per heavy atom. The van der Waals surface area contributed by atoms with Crippen LogP contribution >= 0.6 is 0 Å². The molecule has 0 unspecified atom stereocenters. The molecule has 0 aliphatic rings. The van der Waals surface area contributed by atoms with E-state index in [0.29, 0.717) is 11.3 Å². The number of H-pyrrole nitrogens is 1. The minimum atomic E-state index is -4.48. The summed E-state index contributed by atoms with van der Waals surface area (Å²) in [7, 11) is 0. The lowest BCUT2D eigenvalue weighted by molar-refractivity contribution is -0.153. The average molecular weight is 252 g/mol. The zero-order chi connectivity index (χ0) is 12.8. The van der Waals surface area contributed by atoms with E-state index in [1.54, 1.807) is 18.2 Å². The van der Waals surface area contributed by atoms with Gasteiger partial charge in [-0.05, 0) is 12.1 Å². The van der Waals surface area contributed by atoms with Gasteiger partial charge < -0.3 is 4.42 Å². The van der Waals surface area contributed by atoms with E-state index in [1.165, 1.54) is 0 Å². The van der Waals surface area contributed by atoms with Gasteiger partial charge in [0.05, 0.1) is 5.52 Å². The van der Waals surface area contributed by atoms with E-state index < -0.39 is 11.9 Å². The largest absolute Gasteiger partial charge is 0.459 e. The standard InChI is InChI=1S/C12H7F3N2O/c13-12(14,15)10-5-7(6-18-10)11-8-3-1-2-4-9(8)16-17-11/h1-6H,(H,16,17). The topological polar surface area (TPSA) is 41.8 Å². The fourth-order valence-corrected chi connectivity index (χ4v) is 1.79. The molecule has 0 bridgehead atoms. The molecule has 2 heterocycles. The smallest absolute Gasteiger partial charge is 0.449 e. The number of nitrogens with one attached hydrogen (secondary N) is 1. The number of halogens is 3. The number of rotatable bonds is 1. The third-order valence-electron chi connectivity index (χ3n) is 2.62. The first-order chi connectivity index (χ1) is 8.55. The number of para-hydroxylation sites is 1. The van der Waals surface area contributed by atoms with E-state index in [2.05, 4.69) is 14.6 Å². The molecule has 1 aromatic carbocycles. The number of fused-ring (bicyclic) bond motifs is 1. The molecular weight excluding hydrogens is 245 g/mol. The maximum absolute atomic E-state index is 12.4. The predicted octanol–water partition coefficient (Wildman–Crippen LogP) is 3.84. The van der Waals surface area contributed by atoms with Crippen LogP contribution in [0.3, 0.4) is 0 Å². The second-order valence-electron chi connectivity index (χ2n) is 3.82. The van der Waals surface area contributed by atoms with Crippen molar-refractivity contribution in [3.63, 3.8) is 0 Å². The molecular formula is C12H7F3N2O. The maximum atomic E-state index is 12.4. The normalized spacial score (nSPS) is 12.2. The number of alkyl halides is 3. The van der Waals surface area contributed by atoms with E-state index in [1.807, 2.05) is 6.07 Å². The van der Waals surface area contributed by atoms with E-state index in [9.17, 15) is 13.2 Å². The Morgan fingerprint density at radius 2 is 1.94 bits per heavy atom. The van der Waals surface area contributed by atoms with Gasteiger partial charge >= 0.3 is 6.18 Å². The van der Waals surface area contributed by atoms with Crippen molar-refractivity contribution in [3.05, 3.63) is 42.4 Å². The third kappa shape index (κ3) is 1.66. The van der Waals surface area contributed by atoms with Gasteiger partial charge in [-0.1, -0.05) is 18.2 Å². The molecule has 1 N–H and O–H groups in total. The quantitative estimate of drug-likeness (QED) is 0.714. The molecule has 3 aromatic rings. The third-order valence-corrected chi connectivity index (χ3v) is 2.62. The predicted molar refractivity (Wildman–Crippen MR) is 58.8 cm³/mol. The van der Waals surface area contributed by atoms with Crippen molar-refractivity contribution in [2.75, 3.05) is 0 Å². The lowest BCUT2D eigenvalue weighted by Gasteiger charge is -1.98. The molecule has 0 atom stereocenters. The summed E-state index contributed by atoms with van der Waals surface area (Å²) in [6.45, 7) is 0. The van der Waals surface area contributed by atoms with Crippen LogP contribution < -0.4 is 0 Å². The zero-order valence-corrected chi connectivity index (χ0v) is 8.95. The molecule has 92 valence electrons. The van der Waals surface area contributed by atoms with Gasteiger partial charge in [-0.2, -0.15) is 18.3 Å². The number of hydrogen-bond acceptors (Lipinski definition) is 2. The number of hydrogen-bond donors (Lipinski definition) is 1. The first-order valence-electron chi connectivity index (χ1n) is 5.15. The van der Waals surface area contributed by atoms with Crippen molar-refractivity contribution in [2.45, 2.75) is 6.18 Å². The second-order valence-corrected chi connectivity index (χ2v) is 3.82. The molecule has 0 fully saturated rings. The molecule has 3 rings (SSSR count). The summed E-state index contributed by atoms with van der Waals surface area (Å²) in [5, 5.41) is 7.53. The Morgan fingerprint density at radius 3 is 2.67 bits per heavy atom. The Labute approximate surface area is 99.2 Å². The molecule has 0 aliphatic heterocycles. The fraction of sp³-hybridized carbons (Fsp3) is 0.0833. The Balaban J connectivity index is 2.13. The summed E-state index contributed by atoms with van der Waals surface area (Å²) >= 11 is 0. The summed E-state index contributed by atoms with van der Waals surface area (Å²) in [4.78, 5) is 0. The van der Waals surface area contributed by atoms with Crippen LogP contribution in [0.2, 0.25) is 0 Å². The molecule has 0 amide bonds. The highest BCUT2D eigenvalue weighted by Gasteiger charge is 2.35. The second kappa shape index (κ2) is 3.63. The van der Waals surface area contributed by atoms with Crippen molar-refractivity contribution >= 4 is 10.9 Å². The van der Waals surface area contributed by atoms with E-state index in [4.69, 9.17) is 0 Å². The van der Waals surface area contributed by atoms with Gasteiger partial charge in [-0.3, -0.25) is 5.10 Å². The van der Waals surface area contributed by atoms with Crippen LogP contribution in [-0.4, -0.2) is 10.2 Å². The van der Waals surface area contributed by atoms with Crippen LogP contribution in [0.5, 0.6) is 0 Å². The van der Waals surface area contributed by atoms with Crippen LogP contribution in [0.4, 0.5) is 13.2 Å². The SMILES string of the molecule is FC(F)(F)c1cc(-c2n[nH]c3ccccc23)co1. The summed E-state index contributed by atoms with van der Waals surface area (Å²) in [5.41, 5.74) is 1.52.